The fourth-order valence-electron chi connectivity index (χ4n) is 3.24. The lowest BCUT2D eigenvalue weighted by Crippen LogP contribution is -2.41. The van der Waals surface area contributed by atoms with Gasteiger partial charge >= 0.3 is 5.56 Å². The zero-order valence-electron chi connectivity index (χ0n) is 15.6. The predicted octanol–water partition coefficient (Wildman–Crippen LogP) is 2.15. The number of rotatable bonds is 4. The molecule has 0 bridgehead atoms. The van der Waals surface area contributed by atoms with Crippen molar-refractivity contribution in [3.8, 4) is 17.0 Å². The van der Waals surface area contributed by atoms with Gasteiger partial charge in [0.2, 0.25) is 0 Å². The lowest BCUT2D eigenvalue weighted by atomic mass is 10.1. The van der Waals surface area contributed by atoms with E-state index in [0.717, 1.165) is 5.56 Å². The molecule has 150 valence electrons. The van der Waals surface area contributed by atoms with Gasteiger partial charge in [-0.25, -0.2) is 9.78 Å². The molecular formula is C21H17ClN5O3+. The highest BCUT2D eigenvalue weighted by molar-refractivity contribution is 6.29. The fourth-order valence-corrected chi connectivity index (χ4v) is 3.35. The van der Waals surface area contributed by atoms with Crippen LogP contribution in [-0.2, 0) is 6.54 Å². The Bertz CT molecular complexity index is 1320. The molecule has 4 rings (SSSR count). The molecule has 0 atom stereocenters. The van der Waals surface area contributed by atoms with Gasteiger partial charge in [0.05, 0.1) is 6.20 Å². The molecule has 0 saturated heterocycles. The van der Waals surface area contributed by atoms with Crippen LogP contribution in [0.15, 0.2) is 76.9 Å². The summed E-state index contributed by atoms with van der Waals surface area (Å²) in [4.78, 5) is 17.2. The molecule has 0 aliphatic heterocycles. The first-order chi connectivity index (χ1) is 14.5. The van der Waals surface area contributed by atoms with E-state index in [1.165, 1.54) is 4.40 Å². The standard InChI is InChI=1S/C21H16ClN5O3/c22-16-9-4-13(11-24-16)12-27-17-3-1-2-10-26(17)20(28)18(21(27)29)14-5-7-15(8-6-14)19(23)25-30/h1-11H,12H2,(H3-,23,25,28,29,30)/p+1. The van der Waals surface area contributed by atoms with E-state index < -0.39 is 0 Å². The number of pyridine rings is 2. The summed E-state index contributed by atoms with van der Waals surface area (Å²) in [6.07, 6.45) is 3.26. The van der Waals surface area contributed by atoms with Crippen molar-refractivity contribution in [1.29, 1.82) is 0 Å². The van der Waals surface area contributed by atoms with E-state index in [2.05, 4.69) is 10.1 Å². The van der Waals surface area contributed by atoms with Crippen LogP contribution in [0.3, 0.4) is 0 Å². The van der Waals surface area contributed by atoms with Crippen LogP contribution in [0.25, 0.3) is 16.8 Å². The van der Waals surface area contributed by atoms with Crippen LogP contribution in [0.4, 0.5) is 0 Å². The van der Waals surface area contributed by atoms with Gasteiger partial charge in [-0.2, -0.15) is 8.97 Å². The maximum Gasteiger partial charge on any atom is 0.354 e. The van der Waals surface area contributed by atoms with E-state index in [0.29, 0.717) is 21.9 Å². The summed E-state index contributed by atoms with van der Waals surface area (Å²) in [7, 11) is 0. The second-order valence-corrected chi connectivity index (χ2v) is 6.96. The van der Waals surface area contributed by atoms with Crippen molar-refractivity contribution in [2.75, 3.05) is 0 Å². The topological polar surface area (TPSA) is 117 Å². The lowest BCUT2D eigenvalue weighted by Gasteiger charge is -2.10. The number of fused-ring (bicyclic) bond motifs is 1. The van der Waals surface area contributed by atoms with E-state index in [4.69, 9.17) is 22.5 Å². The maximum atomic E-state index is 13.1. The number of oxime groups is 1. The average Bonchev–Trinajstić information content (AvgIpc) is 2.78. The first-order valence-corrected chi connectivity index (χ1v) is 9.32. The first-order valence-electron chi connectivity index (χ1n) is 8.94. The predicted molar refractivity (Wildman–Crippen MR) is 112 cm³/mol. The minimum Gasteiger partial charge on any atom is -0.477 e. The summed E-state index contributed by atoms with van der Waals surface area (Å²) in [6.45, 7) is 0.277. The van der Waals surface area contributed by atoms with Crippen molar-refractivity contribution in [3.05, 3.63) is 93.6 Å². The molecular weight excluding hydrogens is 406 g/mol. The molecule has 3 aromatic heterocycles. The van der Waals surface area contributed by atoms with Gasteiger partial charge in [-0.05, 0) is 17.7 Å². The van der Waals surface area contributed by atoms with Crippen LogP contribution in [0.1, 0.15) is 11.1 Å². The smallest absolute Gasteiger partial charge is 0.354 e. The molecule has 0 spiro atoms. The van der Waals surface area contributed by atoms with Crippen LogP contribution in [-0.4, -0.2) is 25.5 Å². The minimum absolute atomic E-state index is 0.0497. The summed E-state index contributed by atoms with van der Waals surface area (Å²) < 4.78 is 3.09. The number of benzene rings is 1. The molecule has 9 heteroatoms. The van der Waals surface area contributed by atoms with Crippen molar-refractivity contribution >= 4 is 23.1 Å². The van der Waals surface area contributed by atoms with E-state index in [1.807, 2.05) is 0 Å². The number of aromatic hydroxyl groups is 1. The summed E-state index contributed by atoms with van der Waals surface area (Å²) in [6, 6.07) is 15.2. The van der Waals surface area contributed by atoms with Crippen LogP contribution >= 0.6 is 11.6 Å². The van der Waals surface area contributed by atoms with Crippen LogP contribution < -0.4 is 15.9 Å². The van der Waals surface area contributed by atoms with Gasteiger partial charge in [-0.1, -0.05) is 53.2 Å². The number of aromatic nitrogens is 3. The average molecular weight is 423 g/mol. The Labute approximate surface area is 175 Å². The lowest BCUT2D eigenvalue weighted by molar-refractivity contribution is -0.671. The van der Waals surface area contributed by atoms with Gasteiger partial charge in [0.1, 0.15) is 11.7 Å². The Balaban J connectivity index is 1.92. The summed E-state index contributed by atoms with van der Waals surface area (Å²) in [5.41, 5.74) is 7.67. The van der Waals surface area contributed by atoms with E-state index in [1.54, 1.807) is 71.6 Å². The number of nitrogens with zero attached hydrogens (tertiary/aromatic N) is 4. The largest absolute Gasteiger partial charge is 0.477 e. The van der Waals surface area contributed by atoms with Crippen molar-refractivity contribution in [2.24, 2.45) is 10.9 Å². The highest BCUT2D eigenvalue weighted by Gasteiger charge is 2.25. The Morgan fingerprint density at radius 3 is 2.60 bits per heavy atom. The third-order valence-electron chi connectivity index (χ3n) is 4.73. The summed E-state index contributed by atoms with van der Waals surface area (Å²) in [5, 5.41) is 23.2. The van der Waals surface area contributed by atoms with Crippen LogP contribution in [0.2, 0.25) is 5.15 Å². The van der Waals surface area contributed by atoms with Gasteiger partial charge in [0.15, 0.2) is 11.4 Å². The van der Waals surface area contributed by atoms with Crippen molar-refractivity contribution < 1.29 is 14.9 Å². The van der Waals surface area contributed by atoms with Gasteiger partial charge in [-0.3, -0.25) is 0 Å². The number of hydrogen-bond acceptors (Lipinski definition) is 5. The molecule has 4 N–H and O–H groups in total. The van der Waals surface area contributed by atoms with E-state index in [-0.39, 0.29) is 29.4 Å². The molecule has 0 aliphatic rings. The maximum absolute atomic E-state index is 13.1. The number of halogens is 1. The molecule has 0 fully saturated rings. The second kappa shape index (κ2) is 7.84. The summed E-state index contributed by atoms with van der Waals surface area (Å²) in [5.74, 6) is -0.232. The molecule has 30 heavy (non-hydrogen) atoms. The Hall–Kier alpha value is -3.91. The quantitative estimate of drug-likeness (QED) is 0.116. The molecule has 0 unspecified atom stereocenters. The van der Waals surface area contributed by atoms with Crippen LogP contribution in [0, 0.1) is 0 Å². The SMILES string of the molecule is NC(=NO)c1ccc(-c2c(O)[n+](Cc3ccc(Cl)nc3)c3ccccn3c2=O)cc1. The third-order valence-corrected chi connectivity index (χ3v) is 4.96. The minimum atomic E-state index is -0.370. The van der Waals surface area contributed by atoms with Gasteiger partial charge < -0.3 is 16.0 Å². The van der Waals surface area contributed by atoms with E-state index in [9.17, 15) is 9.90 Å². The third kappa shape index (κ3) is 3.44. The van der Waals surface area contributed by atoms with Gasteiger partial charge in [-0.15, -0.1) is 0 Å². The number of amidine groups is 1. The molecule has 0 aliphatic carbocycles. The van der Waals surface area contributed by atoms with Gasteiger partial charge in [0.25, 0.3) is 11.5 Å². The van der Waals surface area contributed by atoms with E-state index >= 15 is 0 Å². The zero-order valence-corrected chi connectivity index (χ0v) is 16.4. The Morgan fingerprint density at radius 1 is 1.17 bits per heavy atom. The first kappa shape index (κ1) is 19.4. The molecule has 0 radical (unpaired) electrons. The highest BCUT2D eigenvalue weighted by Crippen LogP contribution is 2.24. The zero-order chi connectivity index (χ0) is 21.3. The fraction of sp³-hybridized carbons (Fsp3) is 0.0476. The Kier molecular flexibility index (Phi) is 5.07. The highest BCUT2D eigenvalue weighted by atomic mass is 35.5. The normalized spacial score (nSPS) is 11.7. The second-order valence-electron chi connectivity index (χ2n) is 6.57. The van der Waals surface area contributed by atoms with Crippen molar-refractivity contribution in [2.45, 2.75) is 6.54 Å². The summed E-state index contributed by atoms with van der Waals surface area (Å²) >= 11 is 5.87. The van der Waals surface area contributed by atoms with Gasteiger partial charge in [0, 0.05) is 23.4 Å². The molecule has 1 aromatic carbocycles. The molecule has 4 aromatic rings. The molecule has 3 heterocycles. The van der Waals surface area contributed by atoms with Crippen molar-refractivity contribution in [3.63, 3.8) is 0 Å². The van der Waals surface area contributed by atoms with Crippen molar-refractivity contribution in [1.82, 2.24) is 9.38 Å². The number of nitrogens with two attached hydrogens (primary N) is 1. The molecule has 0 saturated carbocycles. The van der Waals surface area contributed by atoms with Crippen LogP contribution in [0.5, 0.6) is 5.88 Å². The molecule has 8 nitrogen and oxygen atoms in total. The molecule has 0 amide bonds. The monoisotopic (exact) mass is 422 g/mol. The number of hydrogen-bond donors (Lipinski definition) is 3. The Morgan fingerprint density at radius 2 is 1.93 bits per heavy atom.